The van der Waals surface area contributed by atoms with E-state index in [9.17, 15) is 4.79 Å². The molecule has 0 aliphatic carbocycles. The van der Waals surface area contributed by atoms with Crippen LogP contribution >= 0.6 is 11.3 Å². The van der Waals surface area contributed by atoms with Crippen molar-refractivity contribution in [2.45, 2.75) is 33.2 Å². The molecule has 6 nitrogen and oxygen atoms in total. The third kappa shape index (κ3) is 5.30. The number of fused-ring (bicyclic) bond motifs is 1. The molecule has 4 rings (SSSR count). The molecule has 4 aromatic rings. The Morgan fingerprint density at radius 3 is 2.77 bits per heavy atom. The zero-order valence-electron chi connectivity index (χ0n) is 17.8. The Morgan fingerprint density at radius 1 is 1.19 bits per heavy atom. The van der Waals surface area contributed by atoms with Crippen molar-refractivity contribution in [2.75, 3.05) is 18.1 Å². The van der Waals surface area contributed by atoms with Crippen LogP contribution in [0.25, 0.3) is 10.2 Å². The van der Waals surface area contributed by atoms with Gasteiger partial charge < -0.3 is 9.30 Å². The molecule has 0 saturated heterocycles. The SMILES string of the molecule is CCc1ccc2nc(N(CCCn3ccnc3)C(=O)COc3ccc(C)cc3)sc2c1. The number of amides is 1. The summed E-state index contributed by atoms with van der Waals surface area (Å²) in [5.74, 6) is 0.593. The predicted octanol–water partition coefficient (Wildman–Crippen LogP) is 4.87. The zero-order chi connectivity index (χ0) is 21.6. The van der Waals surface area contributed by atoms with Crippen LogP contribution in [-0.4, -0.2) is 33.6 Å². The molecule has 0 fully saturated rings. The first kappa shape index (κ1) is 21.1. The first-order valence-electron chi connectivity index (χ1n) is 10.5. The standard InChI is InChI=1S/C24H26N4O2S/c1-3-19-7-10-21-22(15-19)31-24(26-21)28(13-4-12-27-14-11-25-17-27)23(29)16-30-20-8-5-18(2)6-9-20/h5-11,14-15,17H,3-4,12-13,16H2,1-2H3. The van der Waals surface area contributed by atoms with Crippen molar-refractivity contribution >= 4 is 32.6 Å². The van der Waals surface area contributed by atoms with Crippen LogP contribution < -0.4 is 9.64 Å². The number of thiazole rings is 1. The third-order valence-electron chi connectivity index (χ3n) is 5.12. The highest BCUT2D eigenvalue weighted by atomic mass is 32.1. The molecule has 2 aromatic heterocycles. The third-order valence-corrected chi connectivity index (χ3v) is 6.16. The second kappa shape index (κ2) is 9.75. The van der Waals surface area contributed by atoms with Crippen molar-refractivity contribution in [3.8, 4) is 5.75 Å². The number of aryl methyl sites for hydroxylation is 3. The van der Waals surface area contributed by atoms with Gasteiger partial charge in [0, 0.05) is 25.5 Å². The fraction of sp³-hybridized carbons (Fsp3) is 0.292. The van der Waals surface area contributed by atoms with E-state index >= 15 is 0 Å². The van der Waals surface area contributed by atoms with Crippen LogP contribution in [0.2, 0.25) is 0 Å². The lowest BCUT2D eigenvalue weighted by atomic mass is 10.2. The van der Waals surface area contributed by atoms with Crippen LogP contribution in [0.3, 0.4) is 0 Å². The maximum Gasteiger partial charge on any atom is 0.266 e. The number of nitrogens with zero attached hydrogens (tertiary/aromatic N) is 4. The number of aromatic nitrogens is 3. The normalized spacial score (nSPS) is 11.0. The summed E-state index contributed by atoms with van der Waals surface area (Å²) < 4.78 is 8.87. The van der Waals surface area contributed by atoms with Crippen LogP contribution in [-0.2, 0) is 17.8 Å². The number of carbonyl (C=O) groups is 1. The number of hydrogen-bond donors (Lipinski definition) is 0. The number of benzene rings is 2. The second-order valence-electron chi connectivity index (χ2n) is 7.45. The summed E-state index contributed by atoms with van der Waals surface area (Å²) in [5.41, 5.74) is 3.34. The molecular weight excluding hydrogens is 408 g/mol. The molecule has 0 aliphatic heterocycles. The van der Waals surface area contributed by atoms with E-state index in [0.29, 0.717) is 17.4 Å². The molecule has 0 unspecified atom stereocenters. The Morgan fingerprint density at radius 2 is 2.03 bits per heavy atom. The van der Waals surface area contributed by atoms with E-state index < -0.39 is 0 Å². The summed E-state index contributed by atoms with van der Waals surface area (Å²) in [6, 6.07) is 14.0. The molecule has 0 bridgehead atoms. The summed E-state index contributed by atoms with van der Waals surface area (Å²) in [6.07, 6.45) is 7.24. The van der Waals surface area contributed by atoms with Gasteiger partial charge in [0.15, 0.2) is 11.7 Å². The highest BCUT2D eigenvalue weighted by molar-refractivity contribution is 7.22. The minimum Gasteiger partial charge on any atom is -0.484 e. The lowest BCUT2D eigenvalue weighted by Gasteiger charge is -2.20. The lowest BCUT2D eigenvalue weighted by molar-refractivity contribution is -0.120. The fourth-order valence-electron chi connectivity index (χ4n) is 3.31. The summed E-state index contributed by atoms with van der Waals surface area (Å²) >= 11 is 1.55. The fourth-order valence-corrected chi connectivity index (χ4v) is 4.38. The highest BCUT2D eigenvalue weighted by Crippen LogP contribution is 2.30. The quantitative estimate of drug-likeness (QED) is 0.377. The van der Waals surface area contributed by atoms with E-state index in [1.807, 2.05) is 48.0 Å². The van der Waals surface area contributed by atoms with Crippen LogP contribution in [0, 0.1) is 6.92 Å². The largest absolute Gasteiger partial charge is 0.484 e. The van der Waals surface area contributed by atoms with E-state index in [1.54, 1.807) is 28.8 Å². The number of anilines is 1. The van der Waals surface area contributed by atoms with Gasteiger partial charge in [-0.05, 0) is 49.6 Å². The average molecular weight is 435 g/mol. The van der Waals surface area contributed by atoms with Crippen LogP contribution in [0.5, 0.6) is 5.75 Å². The Hall–Kier alpha value is -3.19. The van der Waals surface area contributed by atoms with Crippen LogP contribution in [0.15, 0.2) is 61.2 Å². The van der Waals surface area contributed by atoms with Crippen molar-refractivity contribution in [2.24, 2.45) is 0 Å². The topological polar surface area (TPSA) is 60.2 Å². The molecule has 31 heavy (non-hydrogen) atoms. The van der Waals surface area contributed by atoms with Crippen molar-refractivity contribution in [3.05, 3.63) is 72.3 Å². The molecular formula is C24H26N4O2S. The Kier molecular flexibility index (Phi) is 6.62. The van der Waals surface area contributed by atoms with Gasteiger partial charge in [-0.2, -0.15) is 0 Å². The average Bonchev–Trinajstić information content (AvgIpc) is 3.45. The second-order valence-corrected chi connectivity index (χ2v) is 8.46. The van der Waals surface area contributed by atoms with E-state index in [2.05, 4.69) is 24.0 Å². The van der Waals surface area contributed by atoms with Crippen molar-refractivity contribution in [1.82, 2.24) is 14.5 Å². The highest BCUT2D eigenvalue weighted by Gasteiger charge is 2.20. The van der Waals surface area contributed by atoms with E-state index in [-0.39, 0.29) is 12.5 Å². The van der Waals surface area contributed by atoms with E-state index in [4.69, 9.17) is 9.72 Å². The van der Waals surface area contributed by atoms with Gasteiger partial charge in [-0.25, -0.2) is 9.97 Å². The van der Waals surface area contributed by atoms with Gasteiger partial charge in [0.1, 0.15) is 5.75 Å². The molecule has 2 heterocycles. The van der Waals surface area contributed by atoms with Crippen LogP contribution in [0.4, 0.5) is 5.13 Å². The number of imidazole rings is 1. The van der Waals surface area contributed by atoms with Crippen molar-refractivity contribution < 1.29 is 9.53 Å². The predicted molar refractivity (Wildman–Crippen MR) is 125 cm³/mol. The summed E-state index contributed by atoms with van der Waals surface area (Å²) in [6.45, 7) is 5.48. The molecule has 0 saturated carbocycles. The Balaban J connectivity index is 1.51. The van der Waals surface area contributed by atoms with E-state index in [1.165, 1.54) is 5.56 Å². The van der Waals surface area contributed by atoms with Gasteiger partial charge >= 0.3 is 0 Å². The molecule has 1 amide bonds. The molecule has 0 aliphatic rings. The summed E-state index contributed by atoms with van der Waals surface area (Å²) in [7, 11) is 0. The minimum atomic E-state index is -0.0963. The molecule has 0 spiro atoms. The van der Waals surface area contributed by atoms with Gasteiger partial charge in [-0.3, -0.25) is 9.69 Å². The maximum absolute atomic E-state index is 13.1. The first-order valence-corrected chi connectivity index (χ1v) is 11.3. The molecule has 2 aromatic carbocycles. The van der Waals surface area contributed by atoms with Gasteiger partial charge in [0.05, 0.1) is 16.5 Å². The van der Waals surface area contributed by atoms with Gasteiger partial charge in [-0.15, -0.1) is 0 Å². The Bertz CT molecular complexity index is 1140. The number of rotatable bonds is 9. The first-order chi connectivity index (χ1) is 15.1. The lowest BCUT2D eigenvalue weighted by Crippen LogP contribution is -2.36. The zero-order valence-corrected chi connectivity index (χ0v) is 18.6. The molecule has 0 radical (unpaired) electrons. The smallest absolute Gasteiger partial charge is 0.266 e. The van der Waals surface area contributed by atoms with Crippen molar-refractivity contribution in [3.63, 3.8) is 0 Å². The summed E-state index contributed by atoms with van der Waals surface area (Å²) in [4.78, 5) is 23.7. The number of hydrogen-bond acceptors (Lipinski definition) is 5. The maximum atomic E-state index is 13.1. The minimum absolute atomic E-state index is 0.0235. The molecule has 0 atom stereocenters. The van der Waals surface area contributed by atoms with Gasteiger partial charge in [0.25, 0.3) is 5.91 Å². The molecule has 7 heteroatoms. The Labute approximate surface area is 186 Å². The monoisotopic (exact) mass is 434 g/mol. The van der Waals surface area contributed by atoms with Gasteiger partial charge in [0.2, 0.25) is 0 Å². The van der Waals surface area contributed by atoms with Crippen molar-refractivity contribution in [1.29, 1.82) is 0 Å². The summed E-state index contributed by atoms with van der Waals surface area (Å²) in [5, 5.41) is 0.714. The number of carbonyl (C=O) groups excluding carboxylic acids is 1. The van der Waals surface area contributed by atoms with Crippen LogP contribution in [0.1, 0.15) is 24.5 Å². The molecule has 160 valence electrons. The molecule has 0 N–H and O–H groups in total. The van der Waals surface area contributed by atoms with Gasteiger partial charge in [-0.1, -0.05) is 42.0 Å². The number of ether oxygens (including phenoxy) is 1. The van der Waals surface area contributed by atoms with E-state index in [0.717, 1.165) is 35.2 Å².